The fourth-order valence-corrected chi connectivity index (χ4v) is 2.50. The first kappa shape index (κ1) is 11.2. The van der Waals surface area contributed by atoms with Crippen molar-refractivity contribution in [2.75, 3.05) is 0 Å². The van der Waals surface area contributed by atoms with E-state index in [0.717, 1.165) is 18.6 Å². The summed E-state index contributed by atoms with van der Waals surface area (Å²) in [5.41, 5.74) is 0. The second kappa shape index (κ2) is 4.32. The summed E-state index contributed by atoms with van der Waals surface area (Å²) in [6.07, 6.45) is 3.40. The number of hydrogen-bond acceptors (Lipinski definition) is 2. The maximum atomic E-state index is 12.3. The number of amides is 1. The van der Waals surface area contributed by atoms with Gasteiger partial charge in [0.2, 0.25) is 0 Å². The minimum absolute atomic E-state index is 0.0350. The van der Waals surface area contributed by atoms with Gasteiger partial charge >= 0.3 is 0 Å². The molecule has 0 aromatic carbocycles. The molecule has 0 saturated carbocycles. The minimum atomic E-state index is 0.0350. The quantitative estimate of drug-likeness (QED) is 0.730. The molecule has 16 heavy (non-hydrogen) atoms. The fraction of sp³-hybridized carbons (Fsp3) is 0.615. The zero-order chi connectivity index (χ0) is 11.7. The Bertz CT molecular complexity index is 373. The van der Waals surface area contributed by atoms with Crippen LogP contribution in [0.25, 0.3) is 0 Å². The SMILES string of the molecule is Cc1ccc(C(=O)N2[C@H](C)CCC[C@H]2C)o1. The number of rotatable bonds is 1. The largest absolute Gasteiger partial charge is 0.456 e. The van der Waals surface area contributed by atoms with Gasteiger partial charge in [0, 0.05) is 12.1 Å². The number of carbonyl (C=O) groups excluding carboxylic acids is 1. The molecule has 1 fully saturated rings. The van der Waals surface area contributed by atoms with E-state index in [0.29, 0.717) is 17.8 Å². The van der Waals surface area contributed by atoms with Crippen LogP contribution in [0.15, 0.2) is 16.5 Å². The Morgan fingerprint density at radius 3 is 2.44 bits per heavy atom. The predicted octanol–water partition coefficient (Wildman–Crippen LogP) is 2.99. The van der Waals surface area contributed by atoms with E-state index in [1.165, 1.54) is 6.42 Å². The summed E-state index contributed by atoms with van der Waals surface area (Å²) in [5, 5.41) is 0. The summed E-state index contributed by atoms with van der Waals surface area (Å²) in [6.45, 7) is 6.09. The Balaban J connectivity index is 2.19. The maximum Gasteiger partial charge on any atom is 0.290 e. The lowest BCUT2D eigenvalue weighted by atomic mass is 9.97. The molecule has 2 heterocycles. The number of nitrogens with zero attached hydrogens (tertiary/aromatic N) is 1. The Morgan fingerprint density at radius 2 is 1.94 bits per heavy atom. The van der Waals surface area contributed by atoms with Crippen molar-refractivity contribution in [1.82, 2.24) is 4.90 Å². The number of furan rings is 1. The molecule has 1 aromatic rings. The van der Waals surface area contributed by atoms with Crippen molar-refractivity contribution in [3.63, 3.8) is 0 Å². The number of carbonyl (C=O) groups is 1. The smallest absolute Gasteiger partial charge is 0.290 e. The molecular weight excluding hydrogens is 202 g/mol. The van der Waals surface area contributed by atoms with E-state index in [4.69, 9.17) is 4.42 Å². The van der Waals surface area contributed by atoms with E-state index < -0.39 is 0 Å². The van der Waals surface area contributed by atoms with Crippen LogP contribution in [0.3, 0.4) is 0 Å². The lowest BCUT2D eigenvalue weighted by molar-refractivity contribution is 0.0477. The summed E-state index contributed by atoms with van der Waals surface area (Å²) >= 11 is 0. The van der Waals surface area contributed by atoms with Crippen molar-refractivity contribution in [1.29, 1.82) is 0 Å². The van der Waals surface area contributed by atoms with Crippen molar-refractivity contribution in [2.24, 2.45) is 0 Å². The van der Waals surface area contributed by atoms with Gasteiger partial charge < -0.3 is 9.32 Å². The van der Waals surface area contributed by atoms with E-state index in [1.54, 1.807) is 6.07 Å². The molecule has 0 unspecified atom stereocenters. The van der Waals surface area contributed by atoms with Gasteiger partial charge in [0.1, 0.15) is 5.76 Å². The van der Waals surface area contributed by atoms with Crippen LogP contribution < -0.4 is 0 Å². The first-order valence-electron chi connectivity index (χ1n) is 5.98. The fourth-order valence-electron chi connectivity index (χ4n) is 2.50. The van der Waals surface area contributed by atoms with Gasteiger partial charge in [-0.25, -0.2) is 0 Å². The molecule has 88 valence electrons. The van der Waals surface area contributed by atoms with E-state index in [1.807, 2.05) is 17.9 Å². The third-order valence-corrected chi connectivity index (χ3v) is 3.38. The molecule has 1 aliphatic heterocycles. The van der Waals surface area contributed by atoms with Crippen LogP contribution in [0.5, 0.6) is 0 Å². The molecule has 2 atom stereocenters. The third-order valence-electron chi connectivity index (χ3n) is 3.38. The van der Waals surface area contributed by atoms with Gasteiger partial charge in [0.15, 0.2) is 5.76 Å². The minimum Gasteiger partial charge on any atom is -0.456 e. The van der Waals surface area contributed by atoms with Gasteiger partial charge in [-0.3, -0.25) is 4.79 Å². The first-order chi connectivity index (χ1) is 7.59. The molecule has 0 aliphatic carbocycles. The highest BCUT2D eigenvalue weighted by molar-refractivity contribution is 5.92. The van der Waals surface area contributed by atoms with Gasteiger partial charge in [-0.15, -0.1) is 0 Å². The maximum absolute atomic E-state index is 12.3. The lowest BCUT2D eigenvalue weighted by Crippen LogP contribution is -2.47. The number of piperidine rings is 1. The van der Waals surface area contributed by atoms with Gasteiger partial charge in [0.25, 0.3) is 5.91 Å². The monoisotopic (exact) mass is 221 g/mol. The Labute approximate surface area is 96.4 Å². The predicted molar refractivity (Wildman–Crippen MR) is 62.4 cm³/mol. The van der Waals surface area contributed by atoms with Gasteiger partial charge in [-0.2, -0.15) is 0 Å². The third kappa shape index (κ3) is 1.99. The molecule has 1 saturated heterocycles. The van der Waals surface area contributed by atoms with Crippen molar-refractivity contribution in [3.8, 4) is 0 Å². The van der Waals surface area contributed by atoms with Crippen LogP contribution >= 0.6 is 0 Å². The molecule has 0 N–H and O–H groups in total. The number of aryl methyl sites for hydroxylation is 1. The summed E-state index contributed by atoms with van der Waals surface area (Å²) in [7, 11) is 0. The van der Waals surface area contributed by atoms with E-state index in [9.17, 15) is 4.79 Å². The topological polar surface area (TPSA) is 33.5 Å². The van der Waals surface area contributed by atoms with Crippen molar-refractivity contribution < 1.29 is 9.21 Å². The molecule has 3 heteroatoms. The zero-order valence-corrected chi connectivity index (χ0v) is 10.2. The lowest BCUT2D eigenvalue weighted by Gasteiger charge is -2.38. The standard InChI is InChI=1S/C13H19NO2/c1-9-5-4-6-10(2)14(9)13(15)12-8-7-11(3)16-12/h7-10H,4-6H2,1-3H3/t9-,10-/m1/s1. The second-order valence-electron chi connectivity index (χ2n) is 4.75. The van der Waals surface area contributed by atoms with Crippen LogP contribution in [-0.2, 0) is 0 Å². The van der Waals surface area contributed by atoms with E-state index in [2.05, 4.69) is 13.8 Å². The van der Waals surface area contributed by atoms with Crippen molar-refractivity contribution in [3.05, 3.63) is 23.7 Å². The molecule has 0 bridgehead atoms. The van der Waals surface area contributed by atoms with E-state index in [-0.39, 0.29) is 5.91 Å². The molecule has 1 aromatic heterocycles. The van der Waals surface area contributed by atoms with Gasteiger partial charge in [0.05, 0.1) is 0 Å². The number of hydrogen-bond donors (Lipinski definition) is 0. The number of likely N-dealkylation sites (tertiary alicyclic amines) is 1. The Hall–Kier alpha value is -1.25. The zero-order valence-electron chi connectivity index (χ0n) is 10.2. The highest BCUT2D eigenvalue weighted by atomic mass is 16.3. The van der Waals surface area contributed by atoms with Crippen LogP contribution in [0.4, 0.5) is 0 Å². The summed E-state index contributed by atoms with van der Waals surface area (Å²) < 4.78 is 5.40. The molecule has 3 nitrogen and oxygen atoms in total. The normalized spacial score (nSPS) is 25.8. The molecule has 0 radical (unpaired) electrons. The average Bonchev–Trinajstić information content (AvgIpc) is 2.64. The molecule has 1 amide bonds. The van der Waals surface area contributed by atoms with Crippen molar-refractivity contribution >= 4 is 5.91 Å². The molecule has 0 spiro atoms. The summed E-state index contributed by atoms with van der Waals surface area (Å²) in [4.78, 5) is 14.2. The first-order valence-corrected chi connectivity index (χ1v) is 5.98. The highest BCUT2D eigenvalue weighted by Crippen LogP contribution is 2.25. The Kier molecular flexibility index (Phi) is 3.03. The summed E-state index contributed by atoms with van der Waals surface area (Å²) in [6, 6.07) is 4.25. The highest BCUT2D eigenvalue weighted by Gasteiger charge is 2.30. The van der Waals surface area contributed by atoms with E-state index >= 15 is 0 Å². The van der Waals surface area contributed by atoms with Crippen LogP contribution in [-0.4, -0.2) is 22.9 Å². The van der Waals surface area contributed by atoms with Crippen LogP contribution in [0, 0.1) is 6.92 Å². The van der Waals surface area contributed by atoms with Gasteiger partial charge in [-0.1, -0.05) is 0 Å². The van der Waals surface area contributed by atoms with Crippen LogP contribution in [0.1, 0.15) is 49.4 Å². The average molecular weight is 221 g/mol. The van der Waals surface area contributed by atoms with Gasteiger partial charge in [-0.05, 0) is 52.2 Å². The molecular formula is C13H19NO2. The van der Waals surface area contributed by atoms with Crippen LogP contribution in [0.2, 0.25) is 0 Å². The second-order valence-corrected chi connectivity index (χ2v) is 4.75. The molecule has 1 aliphatic rings. The summed E-state index contributed by atoms with van der Waals surface area (Å²) in [5.74, 6) is 1.30. The molecule has 2 rings (SSSR count). The Morgan fingerprint density at radius 1 is 1.31 bits per heavy atom. The van der Waals surface area contributed by atoms with Crippen molar-refractivity contribution in [2.45, 2.75) is 52.1 Å².